The van der Waals surface area contributed by atoms with E-state index in [4.69, 9.17) is 4.74 Å². The summed E-state index contributed by atoms with van der Waals surface area (Å²) in [5.41, 5.74) is 1.85. The fraction of sp³-hybridized carbons (Fsp3) is 0.538. The van der Waals surface area contributed by atoms with Crippen molar-refractivity contribution in [3.8, 4) is 0 Å². The molecule has 2 fully saturated rings. The molecule has 1 saturated heterocycles. The Hall–Kier alpha value is -2.28. The zero-order chi connectivity index (χ0) is 22.3. The normalized spacial score (nSPS) is 22.6. The molecule has 1 aromatic carbocycles. The van der Waals surface area contributed by atoms with Crippen molar-refractivity contribution in [1.82, 2.24) is 14.8 Å². The van der Waals surface area contributed by atoms with Crippen molar-refractivity contribution in [3.63, 3.8) is 0 Å². The van der Waals surface area contributed by atoms with Crippen LogP contribution in [0.15, 0.2) is 48.7 Å². The van der Waals surface area contributed by atoms with Crippen molar-refractivity contribution >= 4 is 11.7 Å². The predicted molar refractivity (Wildman–Crippen MR) is 128 cm³/mol. The maximum atomic E-state index is 13.3. The third kappa shape index (κ3) is 5.55. The Labute approximate surface area is 192 Å². The van der Waals surface area contributed by atoms with Crippen LogP contribution in [0.25, 0.3) is 0 Å². The molecule has 32 heavy (non-hydrogen) atoms. The van der Waals surface area contributed by atoms with Crippen LogP contribution in [0.1, 0.15) is 41.6 Å². The monoisotopic (exact) mass is 436 g/mol. The summed E-state index contributed by atoms with van der Waals surface area (Å²) in [5, 5.41) is 0. The van der Waals surface area contributed by atoms with Gasteiger partial charge in [0.2, 0.25) is 0 Å². The fourth-order valence-electron chi connectivity index (χ4n) is 5.02. The molecule has 1 amide bonds. The minimum Gasteiger partial charge on any atom is -0.380 e. The zero-order valence-corrected chi connectivity index (χ0v) is 19.4. The Morgan fingerprint density at radius 3 is 2.50 bits per heavy atom. The lowest BCUT2D eigenvalue weighted by atomic mass is 9.91. The molecule has 0 spiro atoms. The van der Waals surface area contributed by atoms with E-state index in [2.05, 4.69) is 14.8 Å². The topological polar surface area (TPSA) is 48.9 Å². The minimum absolute atomic E-state index is 0.00692. The number of piperazine rings is 1. The summed E-state index contributed by atoms with van der Waals surface area (Å²) in [6, 6.07) is 14.1. The van der Waals surface area contributed by atoms with E-state index in [1.807, 2.05) is 61.4 Å². The van der Waals surface area contributed by atoms with Crippen LogP contribution in [-0.2, 0) is 4.74 Å². The Morgan fingerprint density at radius 1 is 1.06 bits per heavy atom. The van der Waals surface area contributed by atoms with Gasteiger partial charge in [-0.05, 0) is 44.0 Å². The minimum atomic E-state index is 0.00692. The molecule has 0 radical (unpaired) electrons. The molecule has 2 heterocycles. The van der Waals surface area contributed by atoms with Crippen molar-refractivity contribution in [3.05, 3.63) is 59.8 Å². The number of amides is 1. The van der Waals surface area contributed by atoms with Gasteiger partial charge in [-0.25, -0.2) is 4.98 Å². The van der Waals surface area contributed by atoms with Crippen LogP contribution in [0.2, 0.25) is 0 Å². The number of hydrogen-bond donors (Lipinski definition) is 0. The molecule has 0 N–H and O–H groups in total. The molecule has 2 unspecified atom stereocenters. The van der Waals surface area contributed by atoms with E-state index in [1.54, 1.807) is 6.20 Å². The van der Waals surface area contributed by atoms with Gasteiger partial charge in [0.05, 0.1) is 6.10 Å². The summed E-state index contributed by atoms with van der Waals surface area (Å²) in [6.45, 7) is 7.71. The number of carbonyl (C=O) groups is 1. The van der Waals surface area contributed by atoms with Crippen LogP contribution in [0.3, 0.4) is 0 Å². The molecular weight excluding hydrogens is 400 g/mol. The van der Waals surface area contributed by atoms with Gasteiger partial charge in [0, 0.05) is 64.2 Å². The lowest BCUT2D eigenvalue weighted by Crippen LogP contribution is -2.55. The molecule has 1 aliphatic heterocycles. The van der Waals surface area contributed by atoms with Crippen LogP contribution in [0, 0.1) is 6.92 Å². The van der Waals surface area contributed by atoms with E-state index in [9.17, 15) is 4.79 Å². The first kappa shape index (κ1) is 22.9. The number of aromatic nitrogens is 1. The quantitative estimate of drug-likeness (QED) is 0.664. The predicted octanol–water partition coefficient (Wildman–Crippen LogP) is 3.61. The van der Waals surface area contributed by atoms with Crippen molar-refractivity contribution < 1.29 is 9.53 Å². The first-order chi connectivity index (χ1) is 15.7. The number of carbonyl (C=O) groups excluding carboxylic acids is 1. The Kier molecular flexibility index (Phi) is 7.90. The van der Waals surface area contributed by atoms with Gasteiger partial charge < -0.3 is 4.74 Å². The lowest BCUT2D eigenvalue weighted by Gasteiger charge is -2.43. The first-order valence-electron chi connectivity index (χ1n) is 11.9. The highest BCUT2D eigenvalue weighted by Gasteiger charge is 2.32. The molecule has 0 bridgehead atoms. The molecule has 2 aromatic rings. The van der Waals surface area contributed by atoms with Crippen LogP contribution in [0.5, 0.6) is 0 Å². The zero-order valence-electron chi connectivity index (χ0n) is 19.4. The molecule has 2 atom stereocenters. The largest absolute Gasteiger partial charge is 0.380 e. The number of hydrogen-bond acceptors (Lipinski definition) is 5. The first-order valence-corrected chi connectivity index (χ1v) is 11.9. The summed E-state index contributed by atoms with van der Waals surface area (Å²) in [6.07, 6.45) is 7.15. The molecule has 1 aromatic heterocycles. The van der Waals surface area contributed by atoms with Crippen LogP contribution >= 0.6 is 0 Å². The standard InChI is InChI=1S/C26H36N4O2/c1-21-10-12-22(13-11-21)26(31)30(25-9-5-6-14-27-25)20-17-28-15-18-29(19-16-28)23-7-3-4-8-24(23)32-2/h5-6,9-14,23-24H,3-4,7-8,15-20H2,1-2H3. The van der Waals surface area contributed by atoms with Gasteiger partial charge in [-0.1, -0.05) is 36.6 Å². The lowest BCUT2D eigenvalue weighted by molar-refractivity contribution is -0.0267. The molecule has 4 rings (SSSR count). The SMILES string of the molecule is COC1CCCCC1N1CCN(CCN(C(=O)c2ccc(C)cc2)c2ccccn2)CC1. The molecule has 6 nitrogen and oxygen atoms in total. The van der Waals surface area contributed by atoms with Gasteiger partial charge in [0.25, 0.3) is 5.91 Å². The number of methoxy groups -OCH3 is 1. The second kappa shape index (κ2) is 11.0. The Morgan fingerprint density at radius 2 is 1.81 bits per heavy atom. The summed E-state index contributed by atoms with van der Waals surface area (Å²) in [4.78, 5) is 24.7. The third-order valence-corrected chi connectivity index (χ3v) is 6.96. The number of anilines is 1. The maximum absolute atomic E-state index is 13.3. The summed E-state index contributed by atoms with van der Waals surface area (Å²) in [5.74, 6) is 0.717. The number of rotatable bonds is 7. The summed E-state index contributed by atoms with van der Waals surface area (Å²) in [7, 11) is 1.86. The van der Waals surface area contributed by atoms with Crippen LogP contribution < -0.4 is 4.90 Å². The van der Waals surface area contributed by atoms with E-state index in [1.165, 1.54) is 25.7 Å². The van der Waals surface area contributed by atoms with Crippen molar-refractivity contribution in [2.24, 2.45) is 0 Å². The maximum Gasteiger partial charge on any atom is 0.259 e. The molecule has 2 aliphatic rings. The van der Waals surface area contributed by atoms with E-state index in [-0.39, 0.29) is 5.91 Å². The van der Waals surface area contributed by atoms with Gasteiger partial charge in [-0.3, -0.25) is 19.5 Å². The number of nitrogens with zero attached hydrogens (tertiary/aromatic N) is 4. The smallest absolute Gasteiger partial charge is 0.259 e. The van der Waals surface area contributed by atoms with E-state index in [0.29, 0.717) is 30.1 Å². The van der Waals surface area contributed by atoms with E-state index >= 15 is 0 Å². The average Bonchev–Trinajstić information content (AvgIpc) is 2.85. The van der Waals surface area contributed by atoms with E-state index < -0.39 is 0 Å². The second-order valence-electron chi connectivity index (χ2n) is 9.01. The van der Waals surface area contributed by atoms with Crippen molar-refractivity contribution in [2.45, 2.75) is 44.8 Å². The Bertz CT molecular complexity index is 850. The van der Waals surface area contributed by atoms with Gasteiger partial charge in [-0.15, -0.1) is 0 Å². The molecular formula is C26H36N4O2. The number of ether oxygens (including phenoxy) is 1. The second-order valence-corrected chi connectivity index (χ2v) is 9.01. The van der Waals surface area contributed by atoms with Crippen molar-refractivity contribution in [2.75, 3.05) is 51.3 Å². The highest BCUT2D eigenvalue weighted by atomic mass is 16.5. The van der Waals surface area contributed by atoms with Gasteiger partial charge in [0.15, 0.2) is 0 Å². The van der Waals surface area contributed by atoms with Gasteiger partial charge in [0.1, 0.15) is 5.82 Å². The molecule has 172 valence electrons. The van der Waals surface area contributed by atoms with Crippen LogP contribution in [0.4, 0.5) is 5.82 Å². The number of benzene rings is 1. The number of pyridine rings is 1. The third-order valence-electron chi connectivity index (χ3n) is 6.96. The van der Waals surface area contributed by atoms with E-state index in [0.717, 1.165) is 38.3 Å². The fourth-order valence-corrected chi connectivity index (χ4v) is 5.02. The highest BCUT2D eigenvalue weighted by molar-refractivity contribution is 6.05. The molecule has 1 aliphatic carbocycles. The number of aryl methyl sites for hydroxylation is 1. The van der Waals surface area contributed by atoms with Crippen LogP contribution in [-0.4, -0.2) is 79.2 Å². The molecule has 1 saturated carbocycles. The summed E-state index contributed by atoms with van der Waals surface area (Å²) >= 11 is 0. The average molecular weight is 437 g/mol. The van der Waals surface area contributed by atoms with Crippen molar-refractivity contribution in [1.29, 1.82) is 0 Å². The summed E-state index contributed by atoms with van der Waals surface area (Å²) < 4.78 is 5.78. The van der Waals surface area contributed by atoms with Gasteiger partial charge >= 0.3 is 0 Å². The Balaban J connectivity index is 1.36. The van der Waals surface area contributed by atoms with Gasteiger partial charge in [-0.2, -0.15) is 0 Å². The molecule has 6 heteroatoms. The highest BCUT2D eigenvalue weighted by Crippen LogP contribution is 2.26.